The number of sulfone groups is 1. The molecule has 3 nitrogen and oxygen atoms in total. The van der Waals surface area contributed by atoms with Crippen LogP contribution in [0.4, 0.5) is 0 Å². The van der Waals surface area contributed by atoms with Crippen molar-refractivity contribution in [3.8, 4) is 0 Å². The molecule has 1 unspecified atom stereocenters. The molecule has 98 valence electrons. The van der Waals surface area contributed by atoms with Crippen molar-refractivity contribution >= 4 is 15.6 Å². The molecular weight excluding hydrogens is 248 g/mol. The van der Waals surface area contributed by atoms with Gasteiger partial charge in [0.2, 0.25) is 0 Å². The Labute approximate surface area is 108 Å². The van der Waals surface area contributed by atoms with Crippen molar-refractivity contribution in [2.75, 3.05) is 0 Å². The summed E-state index contributed by atoms with van der Waals surface area (Å²) < 4.78 is 24.3. The van der Waals surface area contributed by atoms with Crippen LogP contribution in [0.15, 0.2) is 47.9 Å². The second-order valence-corrected chi connectivity index (χ2v) is 6.42. The van der Waals surface area contributed by atoms with Crippen LogP contribution in [0.1, 0.15) is 26.2 Å². The summed E-state index contributed by atoms with van der Waals surface area (Å²) in [5, 5.41) is -0.982. The predicted molar refractivity (Wildman–Crippen MR) is 72.1 cm³/mol. The number of carbonyl (C=O) groups excluding carboxylic acids is 1. The van der Waals surface area contributed by atoms with E-state index in [-0.39, 0.29) is 17.1 Å². The fourth-order valence-corrected chi connectivity index (χ4v) is 3.02. The minimum Gasteiger partial charge on any atom is -0.298 e. The Balaban J connectivity index is 2.80. The second kappa shape index (κ2) is 6.50. The zero-order valence-electron chi connectivity index (χ0n) is 10.5. The first-order valence-corrected chi connectivity index (χ1v) is 7.47. The molecule has 1 rings (SSSR count). The van der Waals surface area contributed by atoms with Crippen LogP contribution in [0.3, 0.4) is 0 Å². The average Bonchev–Trinajstić information content (AvgIpc) is 2.39. The molecule has 4 heteroatoms. The fraction of sp³-hybridized carbons (Fsp3) is 0.357. The van der Waals surface area contributed by atoms with E-state index in [1.807, 2.05) is 0 Å². The molecule has 0 amide bonds. The van der Waals surface area contributed by atoms with E-state index in [1.165, 1.54) is 19.1 Å². The molecule has 1 atom stereocenters. The fourth-order valence-electron chi connectivity index (χ4n) is 1.61. The Morgan fingerprint density at radius 3 is 2.50 bits per heavy atom. The zero-order chi connectivity index (χ0) is 13.6. The highest BCUT2D eigenvalue weighted by atomic mass is 32.2. The third-order valence-electron chi connectivity index (χ3n) is 2.82. The Morgan fingerprint density at radius 1 is 1.33 bits per heavy atom. The lowest BCUT2D eigenvalue weighted by molar-refractivity contribution is -0.118. The number of benzene rings is 1. The normalized spacial score (nSPS) is 12.9. The van der Waals surface area contributed by atoms with Crippen LogP contribution in [0.5, 0.6) is 0 Å². The summed E-state index contributed by atoms with van der Waals surface area (Å²) in [7, 11) is -3.55. The quantitative estimate of drug-likeness (QED) is 0.563. The first kappa shape index (κ1) is 14.6. The highest BCUT2D eigenvalue weighted by molar-refractivity contribution is 7.92. The average molecular weight is 266 g/mol. The molecule has 1 aromatic carbocycles. The lowest BCUT2D eigenvalue weighted by Crippen LogP contribution is -2.27. The summed E-state index contributed by atoms with van der Waals surface area (Å²) >= 11 is 0. The van der Waals surface area contributed by atoms with Crippen molar-refractivity contribution in [3.05, 3.63) is 43.0 Å². The van der Waals surface area contributed by atoms with Gasteiger partial charge < -0.3 is 0 Å². The molecule has 1 aromatic rings. The van der Waals surface area contributed by atoms with E-state index in [9.17, 15) is 13.2 Å². The van der Waals surface area contributed by atoms with Crippen molar-refractivity contribution in [2.24, 2.45) is 0 Å². The predicted octanol–water partition coefficient (Wildman–Crippen LogP) is 2.77. The van der Waals surface area contributed by atoms with Gasteiger partial charge in [0.25, 0.3) is 0 Å². The van der Waals surface area contributed by atoms with Crippen LogP contribution < -0.4 is 0 Å². The summed E-state index contributed by atoms with van der Waals surface area (Å²) in [6.45, 7) is 5.03. The number of ketones is 1. The minimum absolute atomic E-state index is 0.203. The number of carbonyl (C=O) groups is 1. The van der Waals surface area contributed by atoms with Gasteiger partial charge in [-0.1, -0.05) is 24.3 Å². The van der Waals surface area contributed by atoms with Crippen LogP contribution in [0.2, 0.25) is 0 Å². The smallest absolute Gasteiger partial charge is 0.188 e. The first-order valence-electron chi connectivity index (χ1n) is 5.92. The van der Waals surface area contributed by atoms with E-state index in [4.69, 9.17) is 0 Å². The maximum Gasteiger partial charge on any atom is 0.188 e. The topological polar surface area (TPSA) is 51.2 Å². The van der Waals surface area contributed by atoms with Crippen molar-refractivity contribution < 1.29 is 13.2 Å². The van der Waals surface area contributed by atoms with Gasteiger partial charge in [0.15, 0.2) is 15.6 Å². The first-order chi connectivity index (χ1) is 8.50. The van der Waals surface area contributed by atoms with Crippen LogP contribution >= 0.6 is 0 Å². The molecule has 0 spiro atoms. The highest BCUT2D eigenvalue weighted by Crippen LogP contribution is 2.17. The Kier molecular flexibility index (Phi) is 5.28. The molecule has 0 aliphatic rings. The Hall–Kier alpha value is -1.42. The molecule has 0 bridgehead atoms. The Morgan fingerprint density at radius 2 is 1.94 bits per heavy atom. The monoisotopic (exact) mass is 266 g/mol. The van der Waals surface area contributed by atoms with Gasteiger partial charge >= 0.3 is 0 Å². The molecule has 0 aliphatic heterocycles. The van der Waals surface area contributed by atoms with Gasteiger partial charge in [-0.05, 0) is 31.9 Å². The molecule has 0 radical (unpaired) electrons. The number of Topliss-reactive ketones (excluding diaryl/α,β-unsaturated/α-hetero) is 1. The molecular formula is C14H18O3S. The van der Waals surface area contributed by atoms with Crippen molar-refractivity contribution in [1.29, 1.82) is 0 Å². The number of hydrogen-bond donors (Lipinski definition) is 0. The highest BCUT2D eigenvalue weighted by Gasteiger charge is 2.28. The SMILES string of the molecule is C=CCCCC(=O)C(C)S(=O)(=O)c1ccccc1. The maximum absolute atomic E-state index is 12.2. The van der Waals surface area contributed by atoms with Gasteiger partial charge in [-0.25, -0.2) is 8.42 Å². The van der Waals surface area contributed by atoms with Gasteiger partial charge in [0.1, 0.15) is 5.25 Å². The summed E-state index contributed by atoms with van der Waals surface area (Å²) in [4.78, 5) is 12.0. The van der Waals surface area contributed by atoms with E-state index in [0.29, 0.717) is 6.42 Å². The zero-order valence-corrected chi connectivity index (χ0v) is 11.3. The van der Waals surface area contributed by atoms with Gasteiger partial charge in [-0.3, -0.25) is 4.79 Å². The molecule has 0 heterocycles. The van der Waals surface area contributed by atoms with Crippen molar-refractivity contribution in [1.82, 2.24) is 0 Å². The summed E-state index contributed by atoms with van der Waals surface area (Å²) in [5.41, 5.74) is 0. The second-order valence-electron chi connectivity index (χ2n) is 4.15. The van der Waals surface area contributed by atoms with E-state index in [1.54, 1.807) is 24.3 Å². The van der Waals surface area contributed by atoms with Crippen LogP contribution in [0, 0.1) is 0 Å². The summed E-state index contributed by atoms with van der Waals surface area (Å²) in [6, 6.07) is 8.09. The molecule has 0 saturated carbocycles. The largest absolute Gasteiger partial charge is 0.298 e. The standard InChI is InChI=1S/C14H18O3S/c1-3-4-6-11-14(15)12(2)18(16,17)13-9-7-5-8-10-13/h3,5,7-10,12H,1,4,6,11H2,2H3. The molecule has 0 N–H and O–H groups in total. The third-order valence-corrected chi connectivity index (χ3v) is 4.95. The molecule has 0 aromatic heterocycles. The van der Waals surface area contributed by atoms with E-state index in [2.05, 4.69) is 6.58 Å². The summed E-state index contributed by atoms with van der Waals surface area (Å²) in [5.74, 6) is -0.235. The molecule has 0 aliphatic carbocycles. The minimum atomic E-state index is -3.55. The molecule has 0 fully saturated rings. The van der Waals surface area contributed by atoms with E-state index >= 15 is 0 Å². The van der Waals surface area contributed by atoms with Crippen LogP contribution in [-0.2, 0) is 14.6 Å². The van der Waals surface area contributed by atoms with Gasteiger partial charge in [0.05, 0.1) is 4.90 Å². The van der Waals surface area contributed by atoms with E-state index < -0.39 is 15.1 Å². The van der Waals surface area contributed by atoms with Crippen LogP contribution in [0.25, 0.3) is 0 Å². The lowest BCUT2D eigenvalue weighted by atomic mass is 10.1. The van der Waals surface area contributed by atoms with Crippen LogP contribution in [-0.4, -0.2) is 19.5 Å². The number of unbranched alkanes of at least 4 members (excludes halogenated alkanes) is 1. The number of rotatable bonds is 7. The third kappa shape index (κ3) is 3.53. The molecule has 0 saturated heterocycles. The lowest BCUT2D eigenvalue weighted by Gasteiger charge is -2.11. The van der Waals surface area contributed by atoms with Gasteiger partial charge in [-0.2, -0.15) is 0 Å². The van der Waals surface area contributed by atoms with Crippen molar-refractivity contribution in [3.63, 3.8) is 0 Å². The number of allylic oxidation sites excluding steroid dienone is 1. The van der Waals surface area contributed by atoms with Gasteiger partial charge in [-0.15, -0.1) is 6.58 Å². The van der Waals surface area contributed by atoms with E-state index in [0.717, 1.165) is 6.42 Å². The molecule has 18 heavy (non-hydrogen) atoms. The van der Waals surface area contributed by atoms with Gasteiger partial charge in [0, 0.05) is 6.42 Å². The summed E-state index contributed by atoms with van der Waals surface area (Å²) in [6.07, 6.45) is 3.38. The Bertz CT molecular complexity index is 503. The number of hydrogen-bond acceptors (Lipinski definition) is 3. The van der Waals surface area contributed by atoms with Crippen molar-refractivity contribution in [2.45, 2.75) is 36.3 Å². The maximum atomic E-state index is 12.2.